The molecule has 162 valence electrons. The van der Waals surface area contributed by atoms with Gasteiger partial charge in [0.15, 0.2) is 10.8 Å². The van der Waals surface area contributed by atoms with Crippen LogP contribution in [0.3, 0.4) is 0 Å². The van der Waals surface area contributed by atoms with E-state index in [1.807, 2.05) is 55.5 Å². The number of hydrogen-bond acceptors (Lipinski definition) is 5. The summed E-state index contributed by atoms with van der Waals surface area (Å²) in [6, 6.07) is 15.5. The lowest BCUT2D eigenvalue weighted by Crippen LogP contribution is -2.27. The number of carbonyl (C=O) groups excluding carboxylic acids is 1. The third-order valence-electron chi connectivity index (χ3n) is 5.68. The summed E-state index contributed by atoms with van der Waals surface area (Å²) >= 11 is 1.50. The molecule has 2 aromatic heterocycles. The largest absolute Gasteiger partial charge is 0.326 e. The van der Waals surface area contributed by atoms with E-state index in [-0.39, 0.29) is 23.9 Å². The molecular weight excluding hydrogens is 422 g/mol. The highest BCUT2D eigenvalue weighted by Crippen LogP contribution is 2.33. The number of thioether (sulfide) groups is 1. The quantitative estimate of drug-likeness (QED) is 0.467. The van der Waals surface area contributed by atoms with E-state index >= 15 is 0 Å². The summed E-state index contributed by atoms with van der Waals surface area (Å²) in [6.45, 7) is 4.11. The van der Waals surface area contributed by atoms with Gasteiger partial charge >= 0.3 is 0 Å². The standard InChI is InChI=1S/C24H23N5O2S/c1-3-16-7-9-17(10-8-16)26-21(30)12-19-14-32-24-27-22-20(23(31)28(19)24)13-25-29(22)18-6-4-5-15(2)11-18/h4-11,13,19H,3,12,14H2,1-2H3,(H,26,30). The van der Waals surface area contributed by atoms with E-state index in [1.165, 1.54) is 17.3 Å². The van der Waals surface area contributed by atoms with Gasteiger partial charge in [-0.15, -0.1) is 0 Å². The fraction of sp³-hybridized carbons (Fsp3) is 0.250. The van der Waals surface area contributed by atoms with Gasteiger partial charge in [-0.25, -0.2) is 9.67 Å². The van der Waals surface area contributed by atoms with Crippen molar-refractivity contribution in [2.24, 2.45) is 0 Å². The van der Waals surface area contributed by atoms with Gasteiger partial charge in [-0.05, 0) is 48.7 Å². The minimum atomic E-state index is -0.239. The second kappa shape index (κ2) is 8.27. The van der Waals surface area contributed by atoms with Gasteiger partial charge in [-0.3, -0.25) is 14.2 Å². The first-order valence-electron chi connectivity index (χ1n) is 10.6. The van der Waals surface area contributed by atoms with Crippen molar-refractivity contribution in [3.05, 3.63) is 76.2 Å². The number of amides is 1. The lowest BCUT2D eigenvalue weighted by molar-refractivity contribution is -0.116. The lowest BCUT2D eigenvalue weighted by Gasteiger charge is -2.13. The van der Waals surface area contributed by atoms with Crippen molar-refractivity contribution in [3.63, 3.8) is 0 Å². The molecule has 1 amide bonds. The average Bonchev–Trinajstić information content (AvgIpc) is 3.39. The van der Waals surface area contributed by atoms with E-state index in [9.17, 15) is 9.59 Å². The number of rotatable bonds is 5. The van der Waals surface area contributed by atoms with Crippen molar-refractivity contribution in [2.75, 3.05) is 11.1 Å². The first kappa shape index (κ1) is 20.5. The molecule has 1 N–H and O–H groups in total. The molecule has 4 aromatic rings. The summed E-state index contributed by atoms with van der Waals surface area (Å²) in [7, 11) is 0. The molecule has 0 aliphatic carbocycles. The predicted molar refractivity (Wildman–Crippen MR) is 127 cm³/mol. The number of carbonyl (C=O) groups is 1. The maximum absolute atomic E-state index is 13.3. The van der Waals surface area contributed by atoms with Crippen LogP contribution in [-0.4, -0.2) is 31.0 Å². The fourth-order valence-electron chi connectivity index (χ4n) is 3.98. The van der Waals surface area contributed by atoms with E-state index in [0.717, 1.165) is 23.4 Å². The summed E-state index contributed by atoms with van der Waals surface area (Å²) in [6.07, 6.45) is 2.74. The number of aromatic nitrogens is 4. The number of anilines is 1. The van der Waals surface area contributed by atoms with Gasteiger partial charge in [0.25, 0.3) is 5.56 Å². The van der Waals surface area contributed by atoms with Gasteiger partial charge in [0.1, 0.15) is 5.39 Å². The molecule has 1 unspecified atom stereocenters. The number of benzene rings is 2. The number of nitrogens with zero attached hydrogens (tertiary/aromatic N) is 4. The molecule has 3 heterocycles. The molecule has 1 aliphatic heterocycles. The molecule has 7 nitrogen and oxygen atoms in total. The van der Waals surface area contributed by atoms with Crippen molar-refractivity contribution in [3.8, 4) is 5.69 Å². The van der Waals surface area contributed by atoms with E-state index in [0.29, 0.717) is 21.9 Å². The van der Waals surface area contributed by atoms with Crippen molar-refractivity contribution in [2.45, 2.75) is 37.9 Å². The van der Waals surface area contributed by atoms with Crippen LogP contribution < -0.4 is 10.9 Å². The third kappa shape index (κ3) is 3.71. The highest BCUT2D eigenvalue weighted by atomic mass is 32.2. The van der Waals surface area contributed by atoms with Gasteiger partial charge in [0, 0.05) is 17.9 Å². The zero-order chi connectivity index (χ0) is 22.2. The van der Waals surface area contributed by atoms with Crippen LogP contribution in [0, 0.1) is 6.92 Å². The van der Waals surface area contributed by atoms with Crippen molar-refractivity contribution < 1.29 is 4.79 Å². The van der Waals surface area contributed by atoms with Crippen molar-refractivity contribution in [1.29, 1.82) is 0 Å². The molecule has 0 saturated heterocycles. The first-order valence-corrected chi connectivity index (χ1v) is 11.6. The second-order valence-electron chi connectivity index (χ2n) is 7.97. The molecule has 0 radical (unpaired) electrons. The van der Waals surface area contributed by atoms with Crippen LogP contribution in [0.5, 0.6) is 0 Å². The smallest absolute Gasteiger partial charge is 0.265 e. The molecule has 32 heavy (non-hydrogen) atoms. The SMILES string of the molecule is CCc1ccc(NC(=O)CC2CSc3nc4c(cnn4-c4cccc(C)c4)c(=O)n32)cc1. The molecule has 0 spiro atoms. The Kier molecular flexibility index (Phi) is 5.30. The molecule has 8 heteroatoms. The van der Waals surface area contributed by atoms with Gasteiger partial charge in [0.05, 0.1) is 17.9 Å². The predicted octanol–water partition coefficient (Wildman–Crippen LogP) is 4.13. The number of fused-ring (bicyclic) bond motifs is 2. The van der Waals surface area contributed by atoms with Crippen LogP contribution in [0.15, 0.2) is 64.7 Å². The molecule has 1 aliphatic rings. The molecule has 0 saturated carbocycles. The second-order valence-corrected chi connectivity index (χ2v) is 8.96. The summed E-state index contributed by atoms with van der Waals surface area (Å²) in [5, 5.41) is 8.44. The Bertz CT molecular complexity index is 1370. The van der Waals surface area contributed by atoms with E-state index < -0.39 is 0 Å². The maximum atomic E-state index is 13.3. The van der Waals surface area contributed by atoms with Crippen LogP contribution in [0.4, 0.5) is 5.69 Å². The maximum Gasteiger partial charge on any atom is 0.265 e. The normalized spacial score (nSPS) is 15.1. The average molecular weight is 446 g/mol. The van der Waals surface area contributed by atoms with Crippen LogP contribution in [0.25, 0.3) is 16.7 Å². The molecular formula is C24H23N5O2S. The van der Waals surface area contributed by atoms with E-state index in [2.05, 4.69) is 17.3 Å². The highest BCUT2D eigenvalue weighted by Gasteiger charge is 2.29. The zero-order valence-electron chi connectivity index (χ0n) is 17.9. The summed E-state index contributed by atoms with van der Waals surface area (Å²) < 4.78 is 3.35. The minimum Gasteiger partial charge on any atom is -0.326 e. The lowest BCUT2D eigenvalue weighted by atomic mass is 10.1. The number of hydrogen-bond donors (Lipinski definition) is 1. The van der Waals surface area contributed by atoms with Gasteiger partial charge < -0.3 is 5.32 Å². The van der Waals surface area contributed by atoms with Crippen molar-refractivity contribution >= 4 is 34.4 Å². The Labute approximate surface area is 189 Å². The van der Waals surface area contributed by atoms with Crippen LogP contribution in [-0.2, 0) is 11.2 Å². The molecule has 1 atom stereocenters. The van der Waals surface area contributed by atoms with E-state index in [4.69, 9.17) is 4.98 Å². The van der Waals surface area contributed by atoms with Gasteiger partial charge in [0.2, 0.25) is 5.91 Å². The Hall–Kier alpha value is -3.39. The molecule has 5 rings (SSSR count). The minimum absolute atomic E-state index is 0.116. The Morgan fingerprint density at radius 3 is 2.78 bits per heavy atom. The Morgan fingerprint density at radius 2 is 2.03 bits per heavy atom. The third-order valence-corrected chi connectivity index (χ3v) is 6.78. The topological polar surface area (TPSA) is 81.8 Å². The molecule has 0 bridgehead atoms. The van der Waals surface area contributed by atoms with Crippen LogP contribution >= 0.6 is 11.8 Å². The summed E-state index contributed by atoms with van der Waals surface area (Å²) in [5.41, 5.74) is 4.34. The molecule has 0 fully saturated rings. The van der Waals surface area contributed by atoms with Crippen molar-refractivity contribution in [1.82, 2.24) is 19.3 Å². The van der Waals surface area contributed by atoms with Gasteiger partial charge in [-0.2, -0.15) is 5.10 Å². The monoisotopic (exact) mass is 445 g/mol. The first-order chi connectivity index (χ1) is 15.5. The van der Waals surface area contributed by atoms with E-state index in [1.54, 1.807) is 15.4 Å². The summed E-state index contributed by atoms with van der Waals surface area (Å²) in [4.78, 5) is 30.7. The van der Waals surface area contributed by atoms with Crippen LogP contribution in [0.1, 0.15) is 30.5 Å². The Morgan fingerprint density at radius 1 is 1.22 bits per heavy atom. The fourth-order valence-corrected chi connectivity index (χ4v) is 5.11. The Balaban J connectivity index is 1.42. The van der Waals surface area contributed by atoms with Crippen LogP contribution in [0.2, 0.25) is 0 Å². The van der Waals surface area contributed by atoms with Gasteiger partial charge in [-0.1, -0.05) is 43.0 Å². The zero-order valence-corrected chi connectivity index (χ0v) is 18.7. The molecule has 2 aromatic carbocycles. The highest BCUT2D eigenvalue weighted by molar-refractivity contribution is 7.99. The summed E-state index contributed by atoms with van der Waals surface area (Å²) in [5.74, 6) is 0.518. The number of nitrogens with one attached hydrogen (secondary N) is 1. The number of aryl methyl sites for hydroxylation is 2.